The van der Waals surface area contributed by atoms with Crippen LogP contribution in [0.25, 0.3) is 0 Å². The fourth-order valence-electron chi connectivity index (χ4n) is 2.12. The lowest BCUT2D eigenvalue weighted by Gasteiger charge is -2.15. The van der Waals surface area contributed by atoms with Gasteiger partial charge >= 0.3 is 6.03 Å². The number of ether oxygens (including phenoxy) is 1. The summed E-state index contributed by atoms with van der Waals surface area (Å²) in [7, 11) is 1.59. The Morgan fingerprint density at radius 1 is 1.37 bits per heavy atom. The van der Waals surface area contributed by atoms with E-state index in [9.17, 15) is 9.59 Å². The zero-order valence-corrected chi connectivity index (χ0v) is 11.5. The lowest BCUT2D eigenvalue weighted by atomic mass is 10.2. The van der Waals surface area contributed by atoms with Gasteiger partial charge in [-0.3, -0.25) is 4.79 Å². The van der Waals surface area contributed by atoms with E-state index in [-0.39, 0.29) is 18.5 Å². The van der Waals surface area contributed by atoms with Crippen molar-refractivity contribution >= 4 is 17.6 Å². The Bertz CT molecular complexity index is 492. The molecule has 104 valence electrons. The summed E-state index contributed by atoms with van der Waals surface area (Å²) >= 11 is 0. The van der Waals surface area contributed by atoms with E-state index in [1.807, 2.05) is 6.92 Å². The minimum absolute atomic E-state index is 0.192. The molecular formula is C12H17N3O4. The van der Waals surface area contributed by atoms with Crippen molar-refractivity contribution in [3.8, 4) is 0 Å². The number of aryl methyl sites for hydroxylation is 2. The summed E-state index contributed by atoms with van der Waals surface area (Å²) in [4.78, 5) is 27.0. The van der Waals surface area contributed by atoms with E-state index in [0.717, 1.165) is 4.90 Å². The van der Waals surface area contributed by atoms with E-state index in [0.29, 0.717) is 23.7 Å². The van der Waals surface area contributed by atoms with Crippen molar-refractivity contribution in [2.45, 2.75) is 26.8 Å². The first-order chi connectivity index (χ1) is 8.99. The van der Waals surface area contributed by atoms with Crippen molar-refractivity contribution in [3.63, 3.8) is 0 Å². The summed E-state index contributed by atoms with van der Waals surface area (Å²) in [6, 6.07) is -0.981. The average Bonchev–Trinajstić information content (AvgIpc) is 2.79. The number of hydrogen-bond acceptors (Lipinski definition) is 5. The number of aromatic nitrogens is 1. The van der Waals surface area contributed by atoms with Crippen LogP contribution < -0.4 is 4.90 Å². The van der Waals surface area contributed by atoms with Gasteiger partial charge in [-0.25, -0.2) is 9.69 Å². The molecule has 1 fully saturated rings. The van der Waals surface area contributed by atoms with Crippen LogP contribution in [-0.2, 0) is 9.53 Å². The van der Waals surface area contributed by atoms with Gasteiger partial charge in [-0.15, -0.1) is 0 Å². The van der Waals surface area contributed by atoms with Crippen LogP contribution in [0.5, 0.6) is 0 Å². The second-order valence-electron chi connectivity index (χ2n) is 4.42. The van der Waals surface area contributed by atoms with Crippen molar-refractivity contribution in [1.82, 2.24) is 10.1 Å². The lowest BCUT2D eigenvalue weighted by Crippen LogP contribution is -2.35. The molecule has 7 heteroatoms. The molecule has 1 aliphatic rings. The number of anilines is 1. The maximum absolute atomic E-state index is 12.3. The highest BCUT2D eigenvalue weighted by Gasteiger charge is 2.45. The predicted molar refractivity (Wildman–Crippen MR) is 66.9 cm³/mol. The van der Waals surface area contributed by atoms with E-state index in [4.69, 9.17) is 9.26 Å². The van der Waals surface area contributed by atoms with Crippen molar-refractivity contribution < 1.29 is 18.8 Å². The minimum atomic E-state index is -0.596. The molecule has 0 aliphatic carbocycles. The van der Waals surface area contributed by atoms with Gasteiger partial charge in [0.2, 0.25) is 0 Å². The summed E-state index contributed by atoms with van der Waals surface area (Å²) < 4.78 is 10.3. The largest absolute Gasteiger partial charge is 0.379 e. The first-order valence-electron chi connectivity index (χ1n) is 6.10. The fourth-order valence-corrected chi connectivity index (χ4v) is 2.12. The number of nitrogens with zero attached hydrogens (tertiary/aromatic N) is 3. The van der Waals surface area contributed by atoms with Crippen LogP contribution in [0.3, 0.4) is 0 Å². The number of carbonyl (C=O) groups excluding carboxylic acids is 2. The van der Waals surface area contributed by atoms with Gasteiger partial charge in [-0.05, 0) is 20.8 Å². The standard InChI is InChI=1S/C12H17N3O4/c1-5-18-6-9-11(16)15(12(17)14(9)4)10-7(2)13-19-8(10)3/h9H,5-6H2,1-4H3. The lowest BCUT2D eigenvalue weighted by molar-refractivity contribution is -0.121. The SMILES string of the molecule is CCOCC1C(=O)N(c2c(C)noc2C)C(=O)N1C. The summed E-state index contributed by atoms with van der Waals surface area (Å²) in [5.74, 6) is 0.139. The molecule has 1 aromatic heterocycles. The summed E-state index contributed by atoms with van der Waals surface area (Å²) in [5, 5.41) is 3.77. The molecule has 1 aromatic rings. The Kier molecular flexibility index (Phi) is 3.57. The molecule has 1 saturated heterocycles. The third-order valence-electron chi connectivity index (χ3n) is 3.17. The number of amides is 3. The van der Waals surface area contributed by atoms with Crippen LogP contribution in [0.4, 0.5) is 10.5 Å². The number of urea groups is 1. The summed E-state index contributed by atoms with van der Waals surface area (Å²) in [6.45, 7) is 5.90. The van der Waals surface area contributed by atoms with Crippen molar-refractivity contribution in [1.29, 1.82) is 0 Å². The second kappa shape index (κ2) is 5.00. The molecule has 1 unspecified atom stereocenters. The highest BCUT2D eigenvalue weighted by molar-refractivity contribution is 6.21. The molecule has 2 heterocycles. The smallest absolute Gasteiger partial charge is 0.332 e. The van der Waals surface area contributed by atoms with Crippen LogP contribution >= 0.6 is 0 Å². The molecule has 0 spiro atoms. The number of likely N-dealkylation sites (N-methyl/N-ethyl adjacent to an activating group) is 1. The zero-order valence-electron chi connectivity index (χ0n) is 11.5. The van der Waals surface area contributed by atoms with Crippen LogP contribution in [0.15, 0.2) is 4.52 Å². The quantitative estimate of drug-likeness (QED) is 0.763. The molecule has 0 saturated carbocycles. The molecule has 0 radical (unpaired) electrons. The molecule has 0 N–H and O–H groups in total. The van der Waals surface area contributed by atoms with Gasteiger partial charge in [-0.2, -0.15) is 0 Å². The second-order valence-corrected chi connectivity index (χ2v) is 4.42. The molecule has 1 aliphatic heterocycles. The van der Waals surface area contributed by atoms with Gasteiger partial charge in [0.05, 0.1) is 6.61 Å². The Morgan fingerprint density at radius 3 is 2.58 bits per heavy atom. The third-order valence-corrected chi connectivity index (χ3v) is 3.17. The molecule has 7 nitrogen and oxygen atoms in total. The molecule has 0 bridgehead atoms. The van der Waals surface area contributed by atoms with E-state index in [1.54, 1.807) is 20.9 Å². The van der Waals surface area contributed by atoms with E-state index in [2.05, 4.69) is 5.16 Å². The molecule has 2 rings (SSSR count). The van der Waals surface area contributed by atoms with E-state index >= 15 is 0 Å². The van der Waals surface area contributed by atoms with Crippen LogP contribution in [-0.4, -0.2) is 48.3 Å². The van der Waals surface area contributed by atoms with Crippen LogP contribution in [0.1, 0.15) is 18.4 Å². The number of hydrogen-bond donors (Lipinski definition) is 0. The van der Waals surface area contributed by atoms with Gasteiger partial charge < -0.3 is 14.2 Å². The molecule has 3 amide bonds. The maximum atomic E-state index is 12.3. The maximum Gasteiger partial charge on any atom is 0.332 e. The fraction of sp³-hybridized carbons (Fsp3) is 0.583. The highest BCUT2D eigenvalue weighted by atomic mass is 16.5. The van der Waals surface area contributed by atoms with E-state index < -0.39 is 6.04 Å². The van der Waals surface area contributed by atoms with Gasteiger partial charge in [0, 0.05) is 13.7 Å². The first kappa shape index (κ1) is 13.5. The van der Waals surface area contributed by atoms with Crippen molar-refractivity contribution in [2.24, 2.45) is 0 Å². The Hall–Kier alpha value is -1.89. The van der Waals surface area contributed by atoms with Crippen LogP contribution in [0, 0.1) is 13.8 Å². The molecule has 1 atom stereocenters. The number of carbonyl (C=O) groups is 2. The number of rotatable bonds is 4. The van der Waals surface area contributed by atoms with Gasteiger partial charge in [0.25, 0.3) is 5.91 Å². The van der Waals surface area contributed by atoms with Gasteiger partial charge in [0.1, 0.15) is 17.4 Å². The number of imide groups is 1. The molecule has 19 heavy (non-hydrogen) atoms. The minimum Gasteiger partial charge on any atom is -0.379 e. The Labute approximate surface area is 111 Å². The predicted octanol–water partition coefficient (Wildman–Crippen LogP) is 1.09. The molecular weight excluding hydrogens is 250 g/mol. The van der Waals surface area contributed by atoms with Crippen molar-refractivity contribution in [3.05, 3.63) is 11.5 Å². The zero-order chi connectivity index (χ0) is 14.2. The topological polar surface area (TPSA) is 75.9 Å². The monoisotopic (exact) mass is 267 g/mol. The van der Waals surface area contributed by atoms with E-state index in [1.165, 1.54) is 4.90 Å². The normalized spacial score (nSPS) is 19.7. The summed E-state index contributed by atoms with van der Waals surface area (Å²) in [5.41, 5.74) is 0.950. The summed E-state index contributed by atoms with van der Waals surface area (Å²) in [6.07, 6.45) is 0. The Balaban J connectivity index is 2.33. The van der Waals surface area contributed by atoms with Gasteiger partial charge in [0.15, 0.2) is 5.76 Å². The van der Waals surface area contributed by atoms with Crippen LogP contribution in [0.2, 0.25) is 0 Å². The third kappa shape index (κ3) is 2.10. The average molecular weight is 267 g/mol. The first-order valence-corrected chi connectivity index (χ1v) is 6.10. The molecule has 0 aromatic carbocycles. The Morgan fingerprint density at radius 2 is 2.05 bits per heavy atom. The highest BCUT2D eigenvalue weighted by Crippen LogP contribution is 2.30. The van der Waals surface area contributed by atoms with Gasteiger partial charge in [-0.1, -0.05) is 5.16 Å². The van der Waals surface area contributed by atoms with Crippen molar-refractivity contribution in [2.75, 3.05) is 25.2 Å².